The Labute approximate surface area is 260 Å². The maximum atomic E-state index is 13.0. The van der Waals surface area contributed by atoms with Crippen LogP contribution < -0.4 is 20.4 Å². The van der Waals surface area contributed by atoms with E-state index in [-0.39, 0.29) is 45.0 Å². The SMILES string of the molecule is O=C(Nc1ccc(NC(=O)c2ccc3c(c2)C(=O)N(c2ccccn2)C3=O)cc1)c1ccc2c(c1)C(=O)N(c1ccccn1)C2=O. The van der Waals surface area contributed by atoms with E-state index in [9.17, 15) is 28.8 Å². The smallest absolute Gasteiger partial charge is 0.267 e. The molecular formula is C34H20N6O6. The first kappa shape index (κ1) is 28.0. The molecule has 0 atom stereocenters. The first-order valence-corrected chi connectivity index (χ1v) is 13.9. The normalized spacial score (nSPS) is 13.5. The fourth-order valence-electron chi connectivity index (χ4n) is 5.20. The highest BCUT2D eigenvalue weighted by Crippen LogP contribution is 2.29. The van der Waals surface area contributed by atoms with E-state index >= 15 is 0 Å². The minimum absolute atomic E-state index is 0.100. The van der Waals surface area contributed by atoms with Crippen LogP contribution in [-0.4, -0.2) is 45.4 Å². The number of nitrogens with one attached hydrogen (secondary N) is 2. The number of benzene rings is 3. The van der Waals surface area contributed by atoms with Gasteiger partial charge in [-0.2, -0.15) is 0 Å². The number of pyridine rings is 2. The van der Waals surface area contributed by atoms with E-state index in [4.69, 9.17) is 0 Å². The summed E-state index contributed by atoms with van der Waals surface area (Å²) in [4.78, 5) is 87.7. The van der Waals surface area contributed by atoms with E-state index in [0.717, 1.165) is 9.80 Å². The summed E-state index contributed by atoms with van der Waals surface area (Å²) in [5.74, 6) is -2.81. The van der Waals surface area contributed by atoms with Crippen LogP contribution in [0.2, 0.25) is 0 Å². The maximum Gasteiger partial charge on any atom is 0.267 e. The standard InChI is InChI=1S/C34H20N6O6/c41-29(19-7-13-23-25(17-19)33(45)39(31(23)43)27-5-1-3-15-35-27)37-21-9-11-22(12-10-21)38-30(42)20-8-14-24-26(18-20)34(46)40(32(24)44)28-6-2-4-16-36-28/h1-18H,(H,37,41)(H,38,42). The highest BCUT2D eigenvalue weighted by molar-refractivity contribution is 6.35. The van der Waals surface area contributed by atoms with Gasteiger partial charge in [-0.15, -0.1) is 0 Å². The quantitative estimate of drug-likeness (QED) is 0.265. The van der Waals surface area contributed by atoms with Crippen molar-refractivity contribution in [1.82, 2.24) is 9.97 Å². The van der Waals surface area contributed by atoms with Crippen molar-refractivity contribution in [3.8, 4) is 0 Å². The molecule has 0 radical (unpaired) electrons. The summed E-state index contributed by atoms with van der Waals surface area (Å²) >= 11 is 0. The minimum atomic E-state index is -0.571. The van der Waals surface area contributed by atoms with Crippen molar-refractivity contribution >= 4 is 58.5 Å². The number of nitrogens with zero attached hydrogens (tertiary/aromatic N) is 4. The Morgan fingerprint density at radius 2 is 0.870 bits per heavy atom. The largest absolute Gasteiger partial charge is 0.322 e. The van der Waals surface area contributed by atoms with Gasteiger partial charge in [0.2, 0.25) is 0 Å². The number of fused-ring (bicyclic) bond motifs is 2. The first-order valence-electron chi connectivity index (χ1n) is 13.9. The molecule has 0 saturated heterocycles. The van der Waals surface area contributed by atoms with Crippen LogP contribution in [-0.2, 0) is 0 Å². The van der Waals surface area contributed by atoms with Gasteiger partial charge in [0.25, 0.3) is 35.4 Å². The molecule has 2 aliphatic rings. The molecule has 12 nitrogen and oxygen atoms in total. The van der Waals surface area contributed by atoms with Gasteiger partial charge in [0.15, 0.2) is 0 Å². The van der Waals surface area contributed by atoms with Gasteiger partial charge in [0.1, 0.15) is 11.6 Å². The van der Waals surface area contributed by atoms with Crippen LogP contribution in [0, 0.1) is 0 Å². The second-order valence-corrected chi connectivity index (χ2v) is 10.3. The molecule has 2 N–H and O–H groups in total. The van der Waals surface area contributed by atoms with Gasteiger partial charge in [-0.25, -0.2) is 19.8 Å². The van der Waals surface area contributed by atoms with Crippen molar-refractivity contribution in [2.75, 3.05) is 20.4 Å². The monoisotopic (exact) mass is 608 g/mol. The van der Waals surface area contributed by atoms with Crippen molar-refractivity contribution in [3.05, 3.63) is 143 Å². The number of imide groups is 2. The zero-order chi connectivity index (χ0) is 31.9. The third kappa shape index (κ3) is 4.75. The molecule has 0 spiro atoms. The number of hydrogen-bond donors (Lipinski definition) is 2. The van der Waals surface area contributed by atoms with Crippen molar-refractivity contribution in [2.45, 2.75) is 0 Å². The number of hydrogen-bond acceptors (Lipinski definition) is 8. The number of aromatic nitrogens is 2. The van der Waals surface area contributed by atoms with Crippen molar-refractivity contribution in [3.63, 3.8) is 0 Å². The van der Waals surface area contributed by atoms with Crippen LogP contribution in [0.1, 0.15) is 62.1 Å². The molecule has 2 aliphatic heterocycles. The van der Waals surface area contributed by atoms with Gasteiger partial charge in [-0.1, -0.05) is 12.1 Å². The maximum absolute atomic E-state index is 13.0. The lowest BCUT2D eigenvalue weighted by molar-refractivity contribution is 0.0909. The Hall–Kier alpha value is -6.82. The Bertz CT molecular complexity index is 1960. The number of carbonyl (C=O) groups is 6. The van der Waals surface area contributed by atoms with E-state index in [1.165, 1.54) is 48.8 Å². The number of carbonyl (C=O) groups excluding carboxylic acids is 6. The van der Waals surface area contributed by atoms with Gasteiger partial charge in [-0.3, -0.25) is 28.8 Å². The van der Waals surface area contributed by atoms with Gasteiger partial charge in [0.05, 0.1) is 22.3 Å². The molecule has 0 unspecified atom stereocenters. The van der Waals surface area contributed by atoms with Gasteiger partial charge >= 0.3 is 0 Å². The average molecular weight is 609 g/mol. The summed E-state index contributed by atoms with van der Waals surface area (Å²) in [6, 6.07) is 24.6. The van der Waals surface area contributed by atoms with Crippen LogP contribution in [0.3, 0.4) is 0 Å². The minimum Gasteiger partial charge on any atom is -0.322 e. The molecule has 7 rings (SSSR count). The topological polar surface area (TPSA) is 159 Å². The average Bonchev–Trinajstić information content (AvgIpc) is 3.49. The first-order chi connectivity index (χ1) is 22.3. The predicted octanol–water partition coefficient (Wildman–Crippen LogP) is 4.58. The van der Waals surface area contributed by atoms with E-state index in [1.807, 2.05) is 0 Å². The molecule has 2 aromatic heterocycles. The zero-order valence-electron chi connectivity index (χ0n) is 23.6. The fourth-order valence-corrected chi connectivity index (χ4v) is 5.20. The molecule has 0 saturated carbocycles. The van der Waals surface area contributed by atoms with Crippen LogP contribution in [0.5, 0.6) is 0 Å². The molecule has 12 heteroatoms. The third-order valence-corrected chi connectivity index (χ3v) is 7.45. The number of rotatable bonds is 6. The van der Waals surface area contributed by atoms with E-state index in [1.54, 1.807) is 60.7 Å². The fraction of sp³-hybridized carbons (Fsp3) is 0. The summed E-state index contributed by atoms with van der Waals surface area (Å²) in [7, 11) is 0. The lowest BCUT2D eigenvalue weighted by Crippen LogP contribution is -2.30. The summed E-state index contributed by atoms with van der Waals surface area (Å²) in [6.45, 7) is 0. The Kier molecular flexibility index (Phi) is 6.71. The van der Waals surface area contributed by atoms with Crippen molar-refractivity contribution < 1.29 is 28.8 Å². The van der Waals surface area contributed by atoms with Crippen LogP contribution in [0.15, 0.2) is 109 Å². The molecule has 4 heterocycles. The molecule has 6 amide bonds. The molecule has 5 aromatic rings. The highest BCUT2D eigenvalue weighted by atomic mass is 16.2. The van der Waals surface area contributed by atoms with Crippen molar-refractivity contribution in [2.24, 2.45) is 0 Å². The lowest BCUT2D eigenvalue weighted by Gasteiger charge is -2.11. The van der Waals surface area contributed by atoms with Gasteiger partial charge in [0, 0.05) is 34.9 Å². The molecule has 0 aliphatic carbocycles. The second-order valence-electron chi connectivity index (χ2n) is 10.3. The zero-order valence-corrected chi connectivity index (χ0v) is 23.6. The highest BCUT2D eigenvalue weighted by Gasteiger charge is 2.39. The van der Waals surface area contributed by atoms with Crippen LogP contribution >= 0.6 is 0 Å². The molecule has 3 aromatic carbocycles. The second kappa shape index (κ2) is 11.0. The molecule has 0 fully saturated rings. The molecular weight excluding hydrogens is 588 g/mol. The van der Waals surface area contributed by atoms with Crippen molar-refractivity contribution in [1.29, 1.82) is 0 Å². The Balaban J connectivity index is 1.02. The molecule has 0 bridgehead atoms. The Morgan fingerprint density at radius 3 is 1.24 bits per heavy atom. The summed E-state index contributed by atoms with van der Waals surface area (Å²) in [5, 5.41) is 5.46. The van der Waals surface area contributed by atoms with E-state index < -0.39 is 35.4 Å². The predicted molar refractivity (Wildman–Crippen MR) is 166 cm³/mol. The molecule has 46 heavy (non-hydrogen) atoms. The van der Waals surface area contributed by atoms with Crippen LogP contribution in [0.25, 0.3) is 0 Å². The third-order valence-electron chi connectivity index (χ3n) is 7.45. The number of anilines is 4. The number of amides is 6. The molecule has 222 valence electrons. The van der Waals surface area contributed by atoms with Gasteiger partial charge < -0.3 is 10.6 Å². The van der Waals surface area contributed by atoms with Crippen LogP contribution in [0.4, 0.5) is 23.0 Å². The van der Waals surface area contributed by atoms with Gasteiger partial charge in [-0.05, 0) is 84.9 Å². The summed E-state index contributed by atoms with van der Waals surface area (Å²) in [6.07, 6.45) is 2.95. The summed E-state index contributed by atoms with van der Waals surface area (Å²) < 4.78 is 0. The van der Waals surface area contributed by atoms with E-state index in [0.29, 0.717) is 11.4 Å². The summed E-state index contributed by atoms with van der Waals surface area (Å²) in [5.41, 5.74) is 1.73. The lowest BCUT2D eigenvalue weighted by atomic mass is 10.0. The van der Waals surface area contributed by atoms with E-state index in [2.05, 4.69) is 20.6 Å². The Morgan fingerprint density at radius 1 is 0.478 bits per heavy atom.